The summed E-state index contributed by atoms with van der Waals surface area (Å²) in [6.45, 7) is 1.78. The molecular weight excluding hydrogens is 336 g/mol. The normalized spacial score (nSPS) is 16.8. The molecule has 0 spiro atoms. The molecule has 0 radical (unpaired) electrons. The summed E-state index contributed by atoms with van der Waals surface area (Å²) in [5.74, 6) is -0.117. The van der Waals surface area contributed by atoms with Gasteiger partial charge in [0, 0.05) is 18.7 Å². The van der Waals surface area contributed by atoms with E-state index in [1.54, 1.807) is 0 Å². The number of rotatable bonds is 6. The number of ether oxygens (including phenoxy) is 1. The highest BCUT2D eigenvalue weighted by Crippen LogP contribution is 2.25. The van der Waals surface area contributed by atoms with E-state index in [0.29, 0.717) is 11.7 Å². The molecule has 1 fully saturated rings. The number of nitrogens with zero attached hydrogens (tertiary/aromatic N) is 2. The Hall–Kier alpha value is -1.54. The maximum absolute atomic E-state index is 11.9. The number of hydrogen-bond donors (Lipinski definition) is 2. The molecule has 1 aliphatic heterocycles. The van der Waals surface area contributed by atoms with Gasteiger partial charge in [0.2, 0.25) is 11.0 Å². The van der Waals surface area contributed by atoms with Crippen LogP contribution in [0.25, 0.3) is 10.6 Å². The molecule has 6 nitrogen and oxygen atoms in total. The molecule has 1 aromatic carbocycles. The summed E-state index contributed by atoms with van der Waals surface area (Å²) >= 11 is 1.37. The molecule has 23 heavy (non-hydrogen) atoms. The topological polar surface area (TPSA) is 76.1 Å². The van der Waals surface area contributed by atoms with Crippen LogP contribution >= 0.6 is 23.7 Å². The Morgan fingerprint density at radius 2 is 2.13 bits per heavy atom. The van der Waals surface area contributed by atoms with E-state index in [9.17, 15) is 4.79 Å². The second-order valence-corrected chi connectivity index (χ2v) is 6.07. The third-order valence-electron chi connectivity index (χ3n) is 3.37. The Morgan fingerprint density at radius 3 is 2.87 bits per heavy atom. The largest absolute Gasteiger partial charge is 0.377 e. The smallest absolute Gasteiger partial charge is 0.240 e. The Morgan fingerprint density at radius 1 is 1.30 bits per heavy atom. The van der Waals surface area contributed by atoms with E-state index in [2.05, 4.69) is 20.8 Å². The molecule has 2 aromatic rings. The van der Waals surface area contributed by atoms with Crippen LogP contribution in [0.2, 0.25) is 0 Å². The summed E-state index contributed by atoms with van der Waals surface area (Å²) in [5.41, 5.74) is 0.997. The Balaban J connectivity index is 0.00000192. The lowest BCUT2D eigenvalue weighted by Gasteiger charge is -2.09. The van der Waals surface area contributed by atoms with Crippen molar-refractivity contribution in [3.8, 4) is 10.6 Å². The van der Waals surface area contributed by atoms with Crippen molar-refractivity contribution < 1.29 is 9.53 Å². The SMILES string of the molecule is Cl.O=C(CNCC1CCCO1)Nc1nnc(-c2ccccc2)s1. The number of benzene rings is 1. The van der Waals surface area contributed by atoms with Crippen LogP contribution in [-0.2, 0) is 9.53 Å². The minimum absolute atomic E-state index is 0. The maximum Gasteiger partial charge on any atom is 0.240 e. The lowest BCUT2D eigenvalue weighted by Crippen LogP contribution is -2.33. The van der Waals surface area contributed by atoms with Crippen molar-refractivity contribution in [2.24, 2.45) is 0 Å². The standard InChI is InChI=1S/C15H18N4O2S.ClH/c20-13(10-16-9-12-7-4-8-21-12)17-15-19-18-14(22-15)11-5-2-1-3-6-11;/h1-3,5-6,12,16H,4,7-10H2,(H,17,19,20);1H. The van der Waals surface area contributed by atoms with Crippen LogP contribution in [0, 0.1) is 0 Å². The maximum atomic E-state index is 11.9. The average Bonchev–Trinajstić information content (AvgIpc) is 3.20. The monoisotopic (exact) mass is 354 g/mol. The first kappa shape index (κ1) is 17.8. The minimum Gasteiger partial charge on any atom is -0.377 e. The van der Waals surface area contributed by atoms with Gasteiger partial charge in [-0.15, -0.1) is 22.6 Å². The van der Waals surface area contributed by atoms with E-state index in [0.717, 1.165) is 30.0 Å². The van der Waals surface area contributed by atoms with Gasteiger partial charge in [0.25, 0.3) is 0 Å². The quantitative estimate of drug-likeness (QED) is 0.832. The van der Waals surface area contributed by atoms with Gasteiger partial charge < -0.3 is 10.1 Å². The first-order valence-corrected chi connectivity index (χ1v) is 8.14. The molecule has 8 heteroatoms. The zero-order valence-corrected chi connectivity index (χ0v) is 14.2. The second-order valence-electron chi connectivity index (χ2n) is 5.09. The van der Waals surface area contributed by atoms with Gasteiger partial charge in [-0.05, 0) is 12.8 Å². The molecule has 124 valence electrons. The fourth-order valence-electron chi connectivity index (χ4n) is 2.29. The van der Waals surface area contributed by atoms with Gasteiger partial charge in [-0.25, -0.2) is 0 Å². The molecule has 3 rings (SSSR count). The van der Waals surface area contributed by atoms with Crippen molar-refractivity contribution in [3.63, 3.8) is 0 Å². The first-order valence-electron chi connectivity index (χ1n) is 7.32. The van der Waals surface area contributed by atoms with Crippen molar-refractivity contribution in [1.29, 1.82) is 0 Å². The molecule has 1 aromatic heterocycles. The van der Waals surface area contributed by atoms with E-state index in [1.165, 1.54) is 11.3 Å². The van der Waals surface area contributed by atoms with Crippen molar-refractivity contribution in [3.05, 3.63) is 30.3 Å². The number of halogens is 1. The van der Waals surface area contributed by atoms with E-state index in [-0.39, 0.29) is 31.0 Å². The zero-order chi connectivity index (χ0) is 15.2. The summed E-state index contributed by atoms with van der Waals surface area (Å²) in [4.78, 5) is 11.9. The van der Waals surface area contributed by atoms with Crippen molar-refractivity contribution in [1.82, 2.24) is 15.5 Å². The summed E-state index contributed by atoms with van der Waals surface area (Å²) in [5, 5.41) is 15.3. The fraction of sp³-hybridized carbons (Fsp3) is 0.400. The molecule has 2 heterocycles. The summed E-state index contributed by atoms with van der Waals surface area (Å²) in [7, 11) is 0. The fourth-order valence-corrected chi connectivity index (χ4v) is 3.05. The predicted molar refractivity (Wildman–Crippen MR) is 93.1 cm³/mol. The van der Waals surface area contributed by atoms with E-state index in [4.69, 9.17) is 4.74 Å². The van der Waals surface area contributed by atoms with Crippen molar-refractivity contribution in [2.45, 2.75) is 18.9 Å². The number of nitrogens with one attached hydrogen (secondary N) is 2. The number of amides is 1. The Bertz CT molecular complexity index is 617. The van der Waals surface area contributed by atoms with Crippen LogP contribution in [0.3, 0.4) is 0 Å². The third-order valence-corrected chi connectivity index (χ3v) is 4.26. The molecular formula is C15H19ClN4O2S. The lowest BCUT2D eigenvalue weighted by atomic mass is 10.2. The van der Waals surface area contributed by atoms with Crippen LogP contribution in [-0.4, -0.2) is 41.9 Å². The molecule has 2 N–H and O–H groups in total. The van der Waals surface area contributed by atoms with Gasteiger partial charge in [-0.3, -0.25) is 10.1 Å². The molecule has 1 amide bonds. The number of anilines is 1. The van der Waals surface area contributed by atoms with E-state index >= 15 is 0 Å². The number of hydrogen-bond acceptors (Lipinski definition) is 6. The van der Waals surface area contributed by atoms with Gasteiger partial charge in [0.05, 0.1) is 12.6 Å². The van der Waals surface area contributed by atoms with Crippen molar-refractivity contribution >= 4 is 34.8 Å². The van der Waals surface area contributed by atoms with E-state index in [1.807, 2.05) is 30.3 Å². The molecule has 1 atom stereocenters. The van der Waals surface area contributed by atoms with Gasteiger partial charge in [-0.1, -0.05) is 41.7 Å². The highest BCUT2D eigenvalue weighted by molar-refractivity contribution is 7.18. The number of aromatic nitrogens is 2. The Labute approximate surface area is 145 Å². The predicted octanol–water partition coefficient (Wildman–Crippen LogP) is 2.33. The molecule has 1 saturated heterocycles. The van der Waals surface area contributed by atoms with Crippen molar-refractivity contribution in [2.75, 3.05) is 25.0 Å². The first-order chi connectivity index (χ1) is 10.8. The molecule has 0 aliphatic carbocycles. The summed E-state index contributed by atoms with van der Waals surface area (Å²) in [6.07, 6.45) is 2.40. The van der Waals surface area contributed by atoms with Gasteiger partial charge >= 0.3 is 0 Å². The van der Waals surface area contributed by atoms with Gasteiger partial charge in [0.15, 0.2) is 0 Å². The van der Waals surface area contributed by atoms with Crippen LogP contribution in [0.5, 0.6) is 0 Å². The van der Waals surface area contributed by atoms with Crippen LogP contribution < -0.4 is 10.6 Å². The summed E-state index contributed by atoms with van der Waals surface area (Å²) in [6, 6.07) is 9.78. The Kier molecular flexibility index (Phi) is 6.91. The number of carbonyl (C=O) groups is 1. The summed E-state index contributed by atoms with van der Waals surface area (Å²) < 4.78 is 5.49. The van der Waals surface area contributed by atoms with Gasteiger partial charge in [-0.2, -0.15) is 0 Å². The van der Waals surface area contributed by atoms with Crippen LogP contribution in [0.1, 0.15) is 12.8 Å². The highest BCUT2D eigenvalue weighted by atomic mass is 35.5. The van der Waals surface area contributed by atoms with Gasteiger partial charge in [0.1, 0.15) is 5.01 Å². The third kappa shape index (κ3) is 5.24. The van der Waals surface area contributed by atoms with Crippen LogP contribution in [0.4, 0.5) is 5.13 Å². The molecule has 0 saturated carbocycles. The second kappa shape index (κ2) is 8.93. The lowest BCUT2D eigenvalue weighted by molar-refractivity contribution is -0.115. The highest BCUT2D eigenvalue weighted by Gasteiger charge is 2.15. The minimum atomic E-state index is -0.117. The van der Waals surface area contributed by atoms with Crippen LogP contribution in [0.15, 0.2) is 30.3 Å². The van der Waals surface area contributed by atoms with E-state index < -0.39 is 0 Å². The number of carbonyl (C=O) groups excluding carboxylic acids is 1. The average molecular weight is 355 g/mol. The molecule has 0 bridgehead atoms. The molecule has 1 unspecified atom stereocenters. The zero-order valence-electron chi connectivity index (χ0n) is 12.5. The molecule has 1 aliphatic rings.